The smallest absolute Gasteiger partial charge is 0.317 e. The maximum absolute atomic E-state index is 10.6. The molecule has 0 saturated carbocycles. The highest BCUT2D eigenvalue weighted by molar-refractivity contribution is 5.73. The van der Waals surface area contributed by atoms with E-state index in [9.17, 15) is 19.2 Å². The first kappa shape index (κ1) is 18.8. The number of carbonyl (C=O) groups is 4. The normalized spacial score (nSPS) is 12.3. The van der Waals surface area contributed by atoms with Crippen molar-refractivity contribution in [3.05, 3.63) is 6.92 Å². The first-order chi connectivity index (χ1) is 9.61. The Morgan fingerprint density at radius 3 is 1.38 bits per heavy atom. The average molecular weight is 303 g/mol. The van der Waals surface area contributed by atoms with E-state index < -0.39 is 62.6 Å². The van der Waals surface area contributed by atoms with E-state index in [2.05, 4.69) is 0 Å². The van der Waals surface area contributed by atoms with Gasteiger partial charge in [0, 0.05) is 19.5 Å². The van der Waals surface area contributed by atoms with Crippen molar-refractivity contribution in [3.63, 3.8) is 0 Å². The summed E-state index contributed by atoms with van der Waals surface area (Å²) in [6, 6.07) is -1.39. The Bertz CT molecular complexity index is 379. The van der Waals surface area contributed by atoms with Gasteiger partial charge in [-0.3, -0.25) is 29.0 Å². The lowest BCUT2D eigenvalue weighted by molar-refractivity contribution is -0.146. The SMILES string of the molecule is [C]C(CN(CC(=O)O)CC(=O)O)N(CC(=O)O)CC(=O)O. The van der Waals surface area contributed by atoms with Gasteiger partial charge < -0.3 is 20.4 Å². The van der Waals surface area contributed by atoms with Crippen LogP contribution in [0.15, 0.2) is 0 Å². The van der Waals surface area contributed by atoms with Crippen LogP contribution in [-0.4, -0.2) is 92.9 Å². The van der Waals surface area contributed by atoms with Crippen molar-refractivity contribution in [1.82, 2.24) is 9.80 Å². The van der Waals surface area contributed by atoms with Crippen LogP contribution in [0.4, 0.5) is 0 Å². The van der Waals surface area contributed by atoms with Crippen LogP contribution in [0.25, 0.3) is 0 Å². The maximum atomic E-state index is 10.6. The molecular weight excluding hydrogens is 288 g/mol. The van der Waals surface area contributed by atoms with Crippen LogP contribution in [0.1, 0.15) is 0 Å². The first-order valence-electron chi connectivity index (χ1n) is 5.66. The molecule has 0 fully saturated rings. The van der Waals surface area contributed by atoms with E-state index in [0.717, 1.165) is 9.80 Å². The standard InChI is InChI=1S/C11H15N2O8/c1-7(13(5-10(18)19)6-11(20)21)2-12(3-8(14)15)4-9(16)17/h7H,2-6H2,(H,14,15)(H,16,17)(H,18,19)(H,20,21). The van der Waals surface area contributed by atoms with Gasteiger partial charge in [0.05, 0.1) is 26.2 Å². The lowest BCUT2D eigenvalue weighted by Gasteiger charge is -2.29. The molecule has 0 aromatic carbocycles. The van der Waals surface area contributed by atoms with E-state index in [1.807, 2.05) is 0 Å². The topological polar surface area (TPSA) is 156 Å². The Morgan fingerprint density at radius 1 is 0.762 bits per heavy atom. The molecule has 1 atom stereocenters. The molecule has 10 nitrogen and oxygen atoms in total. The second kappa shape index (κ2) is 8.87. The predicted octanol–water partition coefficient (Wildman–Crippen LogP) is -2.11. The fraction of sp³-hybridized carbons (Fsp3) is 0.545. The minimum atomic E-state index is -1.39. The van der Waals surface area contributed by atoms with Crippen LogP contribution < -0.4 is 0 Å². The lowest BCUT2D eigenvalue weighted by Crippen LogP contribution is -2.48. The Balaban J connectivity index is 4.81. The van der Waals surface area contributed by atoms with Crippen LogP contribution in [0.5, 0.6) is 0 Å². The predicted molar refractivity (Wildman–Crippen MR) is 65.6 cm³/mol. The van der Waals surface area contributed by atoms with Gasteiger partial charge in [0.25, 0.3) is 0 Å². The molecule has 0 spiro atoms. The summed E-state index contributed by atoms with van der Waals surface area (Å²) in [4.78, 5) is 44.1. The van der Waals surface area contributed by atoms with Gasteiger partial charge in [0.2, 0.25) is 0 Å². The summed E-state index contributed by atoms with van der Waals surface area (Å²) in [7, 11) is 0. The molecule has 0 aromatic rings. The summed E-state index contributed by atoms with van der Waals surface area (Å²) in [5, 5.41) is 34.6. The second-order valence-corrected chi connectivity index (χ2v) is 4.17. The number of rotatable bonds is 11. The molecule has 10 heteroatoms. The van der Waals surface area contributed by atoms with Crippen molar-refractivity contribution in [2.45, 2.75) is 6.04 Å². The average Bonchev–Trinajstić information content (AvgIpc) is 2.24. The van der Waals surface area contributed by atoms with Crippen molar-refractivity contribution < 1.29 is 39.6 Å². The van der Waals surface area contributed by atoms with Gasteiger partial charge in [-0.05, 0) is 0 Å². The minimum absolute atomic E-state index is 0.418. The summed E-state index contributed by atoms with van der Waals surface area (Å²) >= 11 is 0. The number of hydrogen-bond donors (Lipinski definition) is 4. The van der Waals surface area contributed by atoms with Crippen molar-refractivity contribution in [1.29, 1.82) is 0 Å². The fourth-order valence-electron chi connectivity index (χ4n) is 1.55. The van der Waals surface area contributed by atoms with Gasteiger partial charge in [0.15, 0.2) is 0 Å². The van der Waals surface area contributed by atoms with Crippen molar-refractivity contribution in [3.8, 4) is 0 Å². The fourth-order valence-corrected chi connectivity index (χ4v) is 1.55. The van der Waals surface area contributed by atoms with Crippen LogP contribution >= 0.6 is 0 Å². The summed E-state index contributed by atoms with van der Waals surface area (Å²) in [6.07, 6.45) is 0. The third-order valence-electron chi connectivity index (χ3n) is 2.27. The van der Waals surface area contributed by atoms with Gasteiger partial charge >= 0.3 is 23.9 Å². The number of nitrogens with zero attached hydrogens (tertiary/aromatic N) is 2. The Morgan fingerprint density at radius 2 is 1.10 bits per heavy atom. The summed E-state index contributed by atoms with van der Waals surface area (Å²) in [5.41, 5.74) is 0. The molecule has 0 aliphatic carbocycles. The van der Waals surface area contributed by atoms with Gasteiger partial charge in [-0.25, -0.2) is 0 Å². The zero-order valence-corrected chi connectivity index (χ0v) is 10.9. The largest absolute Gasteiger partial charge is 0.480 e. The molecule has 4 N–H and O–H groups in total. The summed E-state index contributed by atoms with van der Waals surface area (Å²) in [5.74, 6) is -5.33. The number of aliphatic carboxylic acids is 4. The van der Waals surface area contributed by atoms with E-state index in [-0.39, 0.29) is 0 Å². The molecular formula is C11H15N2O8. The molecule has 1 unspecified atom stereocenters. The minimum Gasteiger partial charge on any atom is -0.480 e. The van der Waals surface area contributed by atoms with E-state index in [4.69, 9.17) is 27.3 Å². The van der Waals surface area contributed by atoms with Gasteiger partial charge in [0.1, 0.15) is 0 Å². The van der Waals surface area contributed by atoms with E-state index in [1.54, 1.807) is 0 Å². The summed E-state index contributed by atoms with van der Waals surface area (Å²) < 4.78 is 0. The van der Waals surface area contributed by atoms with Crippen molar-refractivity contribution >= 4 is 23.9 Å². The molecule has 3 radical (unpaired) electrons. The molecule has 117 valence electrons. The van der Waals surface area contributed by atoms with E-state index in [0.29, 0.717) is 0 Å². The third-order valence-corrected chi connectivity index (χ3v) is 2.27. The second-order valence-electron chi connectivity index (χ2n) is 4.17. The molecule has 0 saturated heterocycles. The molecule has 0 aliphatic rings. The molecule has 0 aliphatic heterocycles. The molecule has 0 aromatic heterocycles. The third kappa shape index (κ3) is 9.35. The van der Waals surface area contributed by atoms with E-state index >= 15 is 0 Å². The van der Waals surface area contributed by atoms with Crippen molar-refractivity contribution in [2.75, 3.05) is 32.7 Å². The summed E-state index contributed by atoms with van der Waals surface area (Å²) in [6.45, 7) is 4.52. The molecule has 0 bridgehead atoms. The Kier molecular flexibility index (Phi) is 7.94. The van der Waals surface area contributed by atoms with Crippen LogP contribution in [-0.2, 0) is 19.2 Å². The van der Waals surface area contributed by atoms with E-state index in [1.165, 1.54) is 0 Å². The van der Waals surface area contributed by atoms with Gasteiger partial charge in [-0.1, -0.05) is 0 Å². The first-order valence-corrected chi connectivity index (χ1v) is 5.66. The monoisotopic (exact) mass is 303 g/mol. The number of carboxylic acids is 4. The van der Waals surface area contributed by atoms with Crippen molar-refractivity contribution in [2.24, 2.45) is 0 Å². The zero-order valence-electron chi connectivity index (χ0n) is 10.9. The number of carboxylic acid groups (broad SMARTS) is 4. The zero-order chi connectivity index (χ0) is 16.6. The maximum Gasteiger partial charge on any atom is 0.317 e. The van der Waals surface area contributed by atoms with Gasteiger partial charge in [-0.15, -0.1) is 0 Å². The van der Waals surface area contributed by atoms with Crippen LogP contribution in [0.3, 0.4) is 0 Å². The highest BCUT2D eigenvalue weighted by atomic mass is 16.4. The number of hydrogen-bond acceptors (Lipinski definition) is 6. The van der Waals surface area contributed by atoms with Gasteiger partial charge in [-0.2, -0.15) is 0 Å². The Hall–Kier alpha value is -2.20. The molecule has 21 heavy (non-hydrogen) atoms. The van der Waals surface area contributed by atoms with Crippen LogP contribution in [0, 0.1) is 6.92 Å². The molecule has 0 amide bonds. The molecule has 0 rings (SSSR count). The molecule has 0 heterocycles. The highest BCUT2D eigenvalue weighted by Crippen LogP contribution is 2.02. The van der Waals surface area contributed by atoms with Crippen LogP contribution in [0.2, 0.25) is 0 Å². The lowest BCUT2D eigenvalue weighted by atomic mass is 10.2. The Labute approximate surface area is 120 Å². The quantitative estimate of drug-likeness (QED) is 0.333. The highest BCUT2D eigenvalue weighted by Gasteiger charge is 2.24.